The number of hydrogen-bond donors (Lipinski definition) is 1. The van der Waals surface area contributed by atoms with Crippen LogP contribution >= 0.6 is 0 Å². The lowest BCUT2D eigenvalue weighted by Gasteiger charge is -2.40. The quantitative estimate of drug-likeness (QED) is 0.702. The Kier molecular flexibility index (Phi) is 5.60. The molecule has 1 aliphatic rings. The summed E-state index contributed by atoms with van der Waals surface area (Å²) in [5, 5.41) is 21.9. The molecule has 1 rings (SSSR count). The summed E-state index contributed by atoms with van der Waals surface area (Å²) in [6.45, 7) is 4.12. The SMILES string of the molecule is CCCCCC(CC)C1(O)C=CC=CC1C(=O)[O-]. The summed E-state index contributed by atoms with van der Waals surface area (Å²) < 4.78 is 0. The van der Waals surface area contributed by atoms with Crippen LogP contribution in [0.15, 0.2) is 24.3 Å². The van der Waals surface area contributed by atoms with E-state index >= 15 is 0 Å². The molecule has 0 amide bonds. The van der Waals surface area contributed by atoms with Crippen LogP contribution in [0.1, 0.15) is 46.0 Å². The predicted molar refractivity (Wildman–Crippen MR) is 69.6 cm³/mol. The van der Waals surface area contributed by atoms with Crippen molar-refractivity contribution in [3.63, 3.8) is 0 Å². The van der Waals surface area contributed by atoms with Gasteiger partial charge in [-0.15, -0.1) is 0 Å². The molecule has 3 unspecified atom stereocenters. The van der Waals surface area contributed by atoms with Gasteiger partial charge in [0.15, 0.2) is 0 Å². The molecule has 0 aromatic rings. The van der Waals surface area contributed by atoms with Crippen LogP contribution in [0.3, 0.4) is 0 Å². The Labute approximate surface area is 109 Å². The first-order chi connectivity index (χ1) is 8.56. The lowest BCUT2D eigenvalue weighted by molar-refractivity contribution is -0.314. The zero-order valence-electron chi connectivity index (χ0n) is 11.3. The van der Waals surface area contributed by atoms with E-state index < -0.39 is 17.5 Å². The Morgan fingerprint density at radius 2 is 2.11 bits per heavy atom. The van der Waals surface area contributed by atoms with E-state index in [1.807, 2.05) is 6.92 Å². The molecule has 0 bridgehead atoms. The maximum Gasteiger partial charge on any atom is 0.0973 e. The molecule has 0 aliphatic heterocycles. The molecular formula is C15H23O3-. The molecule has 0 saturated heterocycles. The third kappa shape index (κ3) is 3.22. The molecule has 0 fully saturated rings. The first-order valence-corrected chi connectivity index (χ1v) is 6.85. The zero-order valence-corrected chi connectivity index (χ0v) is 11.3. The largest absolute Gasteiger partial charge is 0.549 e. The van der Waals surface area contributed by atoms with Gasteiger partial charge in [-0.3, -0.25) is 0 Å². The minimum atomic E-state index is -1.30. The summed E-state index contributed by atoms with van der Waals surface area (Å²) in [6.07, 6.45) is 11.4. The van der Waals surface area contributed by atoms with Crippen molar-refractivity contribution < 1.29 is 15.0 Å². The maximum atomic E-state index is 11.2. The van der Waals surface area contributed by atoms with Crippen LogP contribution in [0, 0.1) is 11.8 Å². The third-order valence-corrected chi connectivity index (χ3v) is 3.83. The first kappa shape index (κ1) is 15.0. The van der Waals surface area contributed by atoms with Crippen molar-refractivity contribution in [3.05, 3.63) is 24.3 Å². The van der Waals surface area contributed by atoms with Crippen molar-refractivity contribution >= 4 is 5.97 Å². The minimum absolute atomic E-state index is 0.0341. The Balaban J connectivity index is 2.82. The van der Waals surface area contributed by atoms with Crippen molar-refractivity contribution in [2.75, 3.05) is 0 Å². The fraction of sp³-hybridized carbons (Fsp3) is 0.667. The summed E-state index contributed by atoms with van der Waals surface area (Å²) in [7, 11) is 0. The summed E-state index contributed by atoms with van der Waals surface area (Å²) in [5.41, 5.74) is -1.30. The average molecular weight is 251 g/mol. The molecule has 0 aromatic heterocycles. The van der Waals surface area contributed by atoms with Crippen LogP contribution in [0.5, 0.6) is 0 Å². The van der Waals surface area contributed by atoms with E-state index in [4.69, 9.17) is 0 Å². The molecule has 1 N–H and O–H groups in total. The molecule has 3 heteroatoms. The number of rotatable bonds is 7. The van der Waals surface area contributed by atoms with Crippen molar-refractivity contribution in [2.45, 2.75) is 51.6 Å². The lowest BCUT2D eigenvalue weighted by Crippen LogP contribution is -2.51. The molecule has 0 aromatic carbocycles. The topological polar surface area (TPSA) is 60.4 Å². The van der Waals surface area contributed by atoms with E-state index in [1.165, 1.54) is 6.08 Å². The zero-order chi connectivity index (χ0) is 13.6. The second-order valence-electron chi connectivity index (χ2n) is 5.03. The molecule has 0 spiro atoms. The van der Waals surface area contributed by atoms with Gasteiger partial charge in [0, 0.05) is 5.92 Å². The fourth-order valence-electron chi connectivity index (χ4n) is 2.70. The summed E-state index contributed by atoms with van der Waals surface area (Å²) >= 11 is 0. The van der Waals surface area contributed by atoms with Gasteiger partial charge in [0.25, 0.3) is 0 Å². The number of carboxylic acid groups (broad SMARTS) is 1. The number of unbranched alkanes of at least 4 members (excludes halogenated alkanes) is 2. The molecule has 3 nitrogen and oxygen atoms in total. The van der Waals surface area contributed by atoms with Gasteiger partial charge in [0.2, 0.25) is 0 Å². The molecule has 0 heterocycles. The molecule has 1 aliphatic carbocycles. The van der Waals surface area contributed by atoms with Crippen molar-refractivity contribution in [1.82, 2.24) is 0 Å². The van der Waals surface area contributed by atoms with E-state index in [-0.39, 0.29) is 5.92 Å². The Morgan fingerprint density at radius 3 is 2.67 bits per heavy atom. The van der Waals surface area contributed by atoms with Gasteiger partial charge in [-0.05, 0) is 12.3 Å². The number of aliphatic hydroxyl groups is 1. The molecule has 18 heavy (non-hydrogen) atoms. The average Bonchev–Trinajstić information content (AvgIpc) is 2.34. The number of hydrogen-bond acceptors (Lipinski definition) is 3. The van der Waals surface area contributed by atoms with Crippen molar-refractivity contribution in [1.29, 1.82) is 0 Å². The summed E-state index contributed by atoms with van der Waals surface area (Å²) in [5.74, 6) is -2.17. The molecular weight excluding hydrogens is 228 g/mol. The number of aliphatic carboxylic acids is 1. The van der Waals surface area contributed by atoms with Crippen LogP contribution in [-0.2, 0) is 4.79 Å². The maximum absolute atomic E-state index is 11.2. The highest BCUT2D eigenvalue weighted by atomic mass is 16.4. The highest BCUT2D eigenvalue weighted by molar-refractivity contribution is 5.73. The van der Waals surface area contributed by atoms with Crippen LogP contribution in [-0.4, -0.2) is 16.7 Å². The van der Waals surface area contributed by atoms with E-state index in [9.17, 15) is 15.0 Å². The van der Waals surface area contributed by atoms with E-state index in [0.29, 0.717) is 0 Å². The minimum Gasteiger partial charge on any atom is -0.549 e. The Morgan fingerprint density at radius 1 is 1.39 bits per heavy atom. The number of carbonyl (C=O) groups is 1. The second-order valence-corrected chi connectivity index (χ2v) is 5.03. The smallest absolute Gasteiger partial charge is 0.0973 e. The fourth-order valence-corrected chi connectivity index (χ4v) is 2.70. The second kappa shape index (κ2) is 6.74. The van der Waals surface area contributed by atoms with Crippen LogP contribution in [0.2, 0.25) is 0 Å². The van der Waals surface area contributed by atoms with Gasteiger partial charge in [-0.2, -0.15) is 0 Å². The van der Waals surface area contributed by atoms with E-state index in [2.05, 4.69) is 6.92 Å². The van der Waals surface area contributed by atoms with Gasteiger partial charge >= 0.3 is 0 Å². The van der Waals surface area contributed by atoms with Crippen molar-refractivity contribution in [2.24, 2.45) is 11.8 Å². The summed E-state index contributed by atoms with van der Waals surface area (Å²) in [4.78, 5) is 11.2. The van der Waals surface area contributed by atoms with E-state index in [0.717, 1.165) is 32.1 Å². The standard InChI is InChI=1S/C15H24O3/c1-3-5-6-9-12(4-2)15(18)11-8-7-10-13(15)14(16)17/h7-8,10-13,18H,3-6,9H2,1-2H3,(H,16,17)/p-1. The molecule has 0 saturated carbocycles. The number of carbonyl (C=O) groups excluding carboxylic acids is 1. The number of carboxylic acids is 1. The number of allylic oxidation sites excluding steroid dienone is 2. The Bertz CT molecular complexity index is 333. The van der Waals surface area contributed by atoms with Crippen LogP contribution in [0.25, 0.3) is 0 Å². The van der Waals surface area contributed by atoms with Gasteiger partial charge in [-0.25, -0.2) is 0 Å². The molecule has 3 atom stereocenters. The predicted octanol–water partition coefficient (Wildman–Crippen LogP) is 1.82. The van der Waals surface area contributed by atoms with Crippen molar-refractivity contribution in [3.8, 4) is 0 Å². The molecule has 102 valence electrons. The highest BCUT2D eigenvalue weighted by Crippen LogP contribution is 2.36. The normalized spacial score (nSPS) is 28.3. The van der Waals surface area contributed by atoms with Crippen LogP contribution in [0.4, 0.5) is 0 Å². The highest BCUT2D eigenvalue weighted by Gasteiger charge is 2.40. The van der Waals surface area contributed by atoms with Crippen LogP contribution < -0.4 is 5.11 Å². The monoisotopic (exact) mass is 251 g/mol. The van der Waals surface area contributed by atoms with Gasteiger partial charge in [-0.1, -0.05) is 63.8 Å². The summed E-state index contributed by atoms with van der Waals surface area (Å²) in [6, 6.07) is 0. The van der Waals surface area contributed by atoms with Gasteiger partial charge in [0.05, 0.1) is 11.6 Å². The molecule has 0 radical (unpaired) electrons. The first-order valence-electron chi connectivity index (χ1n) is 6.85. The Hall–Kier alpha value is -1.09. The third-order valence-electron chi connectivity index (χ3n) is 3.83. The van der Waals surface area contributed by atoms with Gasteiger partial charge in [0.1, 0.15) is 0 Å². The lowest BCUT2D eigenvalue weighted by atomic mass is 9.71. The van der Waals surface area contributed by atoms with Gasteiger partial charge < -0.3 is 15.0 Å². The van der Waals surface area contributed by atoms with E-state index in [1.54, 1.807) is 18.2 Å².